The first-order valence-electron chi connectivity index (χ1n) is 11.6. The zero-order valence-electron chi connectivity index (χ0n) is 19.1. The second kappa shape index (κ2) is 7.56. The predicted molar refractivity (Wildman–Crippen MR) is 142 cm³/mol. The van der Waals surface area contributed by atoms with E-state index in [0.717, 1.165) is 55.1 Å². The average molecular weight is 460 g/mol. The molecule has 166 valence electrons. The van der Waals surface area contributed by atoms with Gasteiger partial charge in [0.2, 0.25) is 0 Å². The van der Waals surface area contributed by atoms with Crippen LogP contribution in [0, 0.1) is 22.7 Å². The fourth-order valence-electron chi connectivity index (χ4n) is 5.30. The van der Waals surface area contributed by atoms with Gasteiger partial charge < -0.3 is 9.13 Å². The highest BCUT2D eigenvalue weighted by atomic mass is 15.1. The minimum atomic E-state index is 0.598. The molecule has 5 nitrogen and oxygen atoms in total. The Morgan fingerprint density at radius 1 is 0.556 bits per heavy atom. The van der Waals surface area contributed by atoms with Crippen molar-refractivity contribution in [2.24, 2.45) is 0 Å². The van der Waals surface area contributed by atoms with Crippen molar-refractivity contribution >= 4 is 43.7 Å². The smallest absolute Gasteiger partial charge is 0.0992 e. The van der Waals surface area contributed by atoms with Gasteiger partial charge in [0.1, 0.15) is 0 Å². The number of nitriles is 2. The molecule has 4 aromatic carbocycles. The maximum Gasteiger partial charge on any atom is 0.0992 e. The van der Waals surface area contributed by atoms with Crippen LogP contribution in [0.5, 0.6) is 0 Å². The quantitative estimate of drug-likeness (QED) is 0.279. The Kier molecular flexibility index (Phi) is 4.21. The van der Waals surface area contributed by atoms with Gasteiger partial charge in [-0.2, -0.15) is 10.5 Å². The summed E-state index contributed by atoms with van der Waals surface area (Å²) in [5.74, 6) is 0. The summed E-state index contributed by atoms with van der Waals surface area (Å²) in [6.07, 6.45) is 1.95. The van der Waals surface area contributed by atoms with Crippen molar-refractivity contribution in [1.82, 2.24) is 14.1 Å². The van der Waals surface area contributed by atoms with Crippen molar-refractivity contribution in [2.75, 3.05) is 0 Å². The van der Waals surface area contributed by atoms with E-state index in [1.54, 1.807) is 0 Å². The first-order chi connectivity index (χ1) is 17.8. The molecule has 0 aliphatic rings. The predicted octanol–water partition coefficient (Wildman–Crippen LogP) is 7.02. The van der Waals surface area contributed by atoms with Crippen LogP contribution in [-0.2, 0) is 0 Å². The number of pyridine rings is 1. The summed E-state index contributed by atoms with van der Waals surface area (Å²) < 4.78 is 4.42. The average Bonchev–Trinajstić information content (AvgIpc) is 3.46. The molecule has 36 heavy (non-hydrogen) atoms. The van der Waals surface area contributed by atoms with E-state index in [1.807, 2.05) is 79.0 Å². The van der Waals surface area contributed by atoms with Crippen LogP contribution < -0.4 is 0 Å². The van der Waals surface area contributed by atoms with Gasteiger partial charge in [0.05, 0.1) is 50.8 Å². The van der Waals surface area contributed by atoms with E-state index in [-0.39, 0.29) is 0 Å². The molecule has 0 amide bonds. The molecule has 5 heteroatoms. The van der Waals surface area contributed by atoms with Gasteiger partial charge in [0.25, 0.3) is 0 Å². The number of hydrogen-bond acceptors (Lipinski definition) is 3. The van der Waals surface area contributed by atoms with E-state index in [4.69, 9.17) is 4.98 Å². The van der Waals surface area contributed by atoms with Gasteiger partial charge in [-0.25, -0.2) is 0 Å². The number of nitrogens with zero attached hydrogens (tertiary/aromatic N) is 5. The molecule has 0 atom stereocenters. The standard InChI is InChI=1S/C31H17N5/c32-17-20-7-5-9-22(15-20)35-27-13-3-1-11-24(27)26-19-34-29-25-12-2-4-14-28(25)36(31(29)30(26)35)23-10-6-8-21(16-23)18-33/h1-16,19H. The molecule has 0 unspecified atom stereocenters. The molecule has 0 aliphatic heterocycles. The van der Waals surface area contributed by atoms with E-state index in [2.05, 4.69) is 45.5 Å². The Balaban J connectivity index is 1.77. The summed E-state index contributed by atoms with van der Waals surface area (Å²) in [5, 5.41) is 22.3. The van der Waals surface area contributed by atoms with Gasteiger partial charge in [0, 0.05) is 33.7 Å². The third kappa shape index (κ3) is 2.72. The Labute approximate surface area is 206 Å². The van der Waals surface area contributed by atoms with E-state index < -0.39 is 0 Å². The molecular weight excluding hydrogens is 442 g/mol. The molecular formula is C31H17N5. The van der Waals surface area contributed by atoms with Crippen LogP contribution in [0.3, 0.4) is 0 Å². The second-order valence-electron chi connectivity index (χ2n) is 8.75. The summed E-state index contributed by atoms with van der Waals surface area (Å²) in [5.41, 5.74) is 7.93. The lowest BCUT2D eigenvalue weighted by molar-refractivity contribution is 1.14. The summed E-state index contributed by atoms with van der Waals surface area (Å²) in [6, 6.07) is 36.4. The van der Waals surface area contributed by atoms with Gasteiger partial charge in [-0.05, 0) is 48.5 Å². The Morgan fingerprint density at radius 3 is 1.75 bits per heavy atom. The number of hydrogen-bond donors (Lipinski definition) is 0. The third-order valence-electron chi connectivity index (χ3n) is 6.78. The molecule has 7 aromatic rings. The summed E-state index contributed by atoms with van der Waals surface area (Å²) >= 11 is 0. The van der Waals surface area contributed by atoms with Crippen molar-refractivity contribution in [3.8, 4) is 23.5 Å². The first-order valence-corrected chi connectivity index (χ1v) is 11.6. The molecule has 7 rings (SSSR count). The number of rotatable bonds is 2. The van der Waals surface area contributed by atoms with Crippen LogP contribution >= 0.6 is 0 Å². The molecule has 3 heterocycles. The van der Waals surface area contributed by atoms with Gasteiger partial charge >= 0.3 is 0 Å². The topological polar surface area (TPSA) is 70.3 Å². The minimum absolute atomic E-state index is 0.598. The van der Waals surface area contributed by atoms with Gasteiger partial charge in [0.15, 0.2) is 0 Å². The van der Waals surface area contributed by atoms with E-state index >= 15 is 0 Å². The van der Waals surface area contributed by atoms with Gasteiger partial charge in [-0.15, -0.1) is 0 Å². The summed E-state index contributed by atoms with van der Waals surface area (Å²) in [7, 11) is 0. The Hall–Kier alpha value is -5.39. The van der Waals surface area contributed by atoms with Crippen LogP contribution in [-0.4, -0.2) is 14.1 Å². The Morgan fingerprint density at radius 2 is 1.11 bits per heavy atom. The molecule has 0 radical (unpaired) electrons. The lowest BCUT2D eigenvalue weighted by atomic mass is 10.1. The highest BCUT2D eigenvalue weighted by Crippen LogP contribution is 2.40. The lowest BCUT2D eigenvalue weighted by Crippen LogP contribution is -1.99. The monoisotopic (exact) mass is 459 g/mol. The van der Waals surface area contributed by atoms with Gasteiger partial charge in [-0.3, -0.25) is 4.98 Å². The van der Waals surface area contributed by atoms with Crippen molar-refractivity contribution in [3.05, 3.63) is 114 Å². The molecule has 0 fully saturated rings. The molecule has 0 bridgehead atoms. The van der Waals surface area contributed by atoms with Crippen molar-refractivity contribution in [3.63, 3.8) is 0 Å². The summed E-state index contributed by atoms with van der Waals surface area (Å²) in [6.45, 7) is 0. The molecule has 3 aromatic heterocycles. The van der Waals surface area contributed by atoms with Crippen LogP contribution in [0.25, 0.3) is 55.1 Å². The molecule has 0 N–H and O–H groups in total. The highest BCUT2D eigenvalue weighted by Gasteiger charge is 2.22. The molecule has 0 spiro atoms. The maximum atomic E-state index is 9.60. The number of para-hydroxylation sites is 2. The van der Waals surface area contributed by atoms with Crippen LogP contribution in [0.15, 0.2) is 103 Å². The molecule has 0 saturated heterocycles. The summed E-state index contributed by atoms with van der Waals surface area (Å²) in [4.78, 5) is 4.97. The largest absolute Gasteiger partial charge is 0.307 e. The number of fused-ring (bicyclic) bond motifs is 7. The lowest BCUT2D eigenvalue weighted by Gasteiger charge is -2.12. The fourth-order valence-corrected chi connectivity index (χ4v) is 5.30. The zero-order chi connectivity index (χ0) is 24.2. The maximum absolute atomic E-state index is 9.60. The minimum Gasteiger partial charge on any atom is -0.307 e. The highest BCUT2D eigenvalue weighted by molar-refractivity contribution is 6.22. The number of aromatic nitrogens is 3. The zero-order valence-corrected chi connectivity index (χ0v) is 19.1. The van der Waals surface area contributed by atoms with Crippen LogP contribution in [0.4, 0.5) is 0 Å². The first kappa shape index (κ1) is 20.0. The van der Waals surface area contributed by atoms with Crippen molar-refractivity contribution in [2.45, 2.75) is 0 Å². The normalized spacial score (nSPS) is 11.3. The molecule has 0 aliphatic carbocycles. The second-order valence-corrected chi connectivity index (χ2v) is 8.75. The Bertz CT molecular complexity index is 1930. The van der Waals surface area contributed by atoms with Crippen LogP contribution in [0.1, 0.15) is 11.1 Å². The van der Waals surface area contributed by atoms with Crippen LogP contribution in [0.2, 0.25) is 0 Å². The molecule has 0 saturated carbocycles. The van der Waals surface area contributed by atoms with E-state index in [1.165, 1.54) is 0 Å². The third-order valence-corrected chi connectivity index (χ3v) is 6.78. The fraction of sp³-hybridized carbons (Fsp3) is 0. The SMILES string of the molecule is N#Cc1cccc(-n2c3ccccc3c3cnc4c5ccccc5n(-c5cccc(C#N)c5)c4c32)c1. The van der Waals surface area contributed by atoms with Crippen molar-refractivity contribution in [1.29, 1.82) is 10.5 Å². The van der Waals surface area contributed by atoms with E-state index in [0.29, 0.717) is 11.1 Å². The van der Waals surface area contributed by atoms with Crippen molar-refractivity contribution < 1.29 is 0 Å². The van der Waals surface area contributed by atoms with E-state index in [9.17, 15) is 10.5 Å². The van der Waals surface area contributed by atoms with Gasteiger partial charge in [-0.1, -0.05) is 48.5 Å². The number of benzene rings is 4.